The molecule has 0 amide bonds. The second-order valence-corrected chi connectivity index (χ2v) is 10.1. The van der Waals surface area contributed by atoms with E-state index in [4.69, 9.17) is 4.74 Å². The Morgan fingerprint density at radius 1 is 0.912 bits per heavy atom. The number of ether oxygens (including phenoxy) is 2. The van der Waals surface area contributed by atoms with E-state index in [1.54, 1.807) is 24.3 Å². The van der Waals surface area contributed by atoms with Gasteiger partial charge >= 0.3 is 6.29 Å². The van der Waals surface area contributed by atoms with Gasteiger partial charge in [0.2, 0.25) is 10.0 Å². The Morgan fingerprint density at radius 3 is 2.47 bits per heavy atom. The van der Waals surface area contributed by atoms with Gasteiger partial charge in [-0.2, -0.15) is 0 Å². The van der Waals surface area contributed by atoms with E-state index in [-0.39, 0.29) is 16.4 Å². The summed E-state index contributed by atoms with van der Waals surface area (Å²) in [5.74, 6) is 0.118. The van der Waals surface area contributed by atoms with Gasteiger partial charge in [0, 0.05) is 32.7 Å². The molecule has 3 aromatic rings. The summed E-state index contributed by atoms with van der Waals surface area (Å²) >= 11 is 0. The van der Waals surface area contributed by atoms with E-state index < -0.39 is 16.3 Å². The van der Waals surface area contributed by atoms with Crippen LogP contribution in [0.2, 0.25) is 0 Å². The maximum Gasteiger partial charge on any atom is 0.586 e. The minimum atomic E-state index is -3.64. The van der Waals surface area contributed by atoms with Crippen LogP contribution in [0.3, 0.4) is 0 Å². The lowest BCUT2D eigenvalue weighted by Crippen LogP contribution is -2.47. The Labute approximate surface area is 196 Å². The molecular weight excluding hydrogens is 464 g/mol. The van der Waals surface area contributed by atoms with Crippen LogP contribution in [-0.4, -0.2) is 58.9 Å². The molecule has 0 aromatic heterocycles. The van der Waals surface area contributed by atoms with Crippen LogP contribution in [0.15, 0.2) is 65.6 Å². The number of nitrogens with zero attached hydrogens (tertiary/aromatic N) is 2. The van der Waals surface area contributed by atoms with Crippen molar-refractivity contribution in [3.8, 4) is 11.5 Å². The monoisotopic (exact) mass is 489 g/mol. The molecule has 5 rings (SSSR count). The molecule has 2 aliphatic rings. The van der Waals surface area contributed by atoms with Crippen LogP contribution in [0.1, 0.15) is 6.42 Å². The second-order valence-electron chi connectivity index (χ2n) is 8.36. The number of benzene rings is 3. The van der Waals surface area contributed by atoms with E-state index in [1.807, 2.05) is 35.2 Å². The molecule has 2 aliphatic heterocycles. The van der Waals surface area contributed by atoms with E-state index in [0.717, 1.165) is 30.4 Å². The average molecular weight is 490 g/mol. The molecule has 0 saturated carbocycles. The van der Waals surface area contributed by atoms with E-state index in [1.165, 1.54) is 6.07 Å². The number of hydrogen-bond acceptors (Lipinski definition) is 6. The van der Waals surface area contributed by atoms with Crippen LogP contribution in [0.5, 0.6) is 11.5 Å². The van der Waals surface area contributed by atoms with Crippen molar-refractivity contribution in [3.05, 3.63) is 60.7 Å². The number of alkyl halides is 2. The van der Waals surface area contributed by atoms with E-state index in [0.29, 0.717) is 31.7 Å². The Morgan fingerprint density at radius 2 is 1.68 bits per heavy atom. The minimum absolute atomic E-state index is 0.0450. The van der Waals surface area contributed by atoms with Crippen molar-refractivity contribution in [1.82, 2.24) is 9.62 Å². The first-order valence-electron chi connectivity index (χ1n) is 11.2. The van der Waals surface area contributed by atoms with Crippen molar-refractivity contribution < 1.29 is 26.7 Å². The highest BCUT2D eigenvalue weighted by Gasteiger charge is 2.45. The van der Waals surface area contributed by atoms with Crippen molar-refractivity contribution >= 4 is 26.5 Å². The Bertz CT molecular complexity index is 1290. The maximum atomic E-state index is 13.5. The van der Waals surface area contributed by atoms with Gasteiger partial charge in [-0.25, -0.2) is 13.1 Å². The first kappa shape index (κ1) is 22.8. The first-order valence-corrected chi connectivity index (χ1v) is 12.6. The SMILES string of the molecule is O=S(=O)(NCCCN1CCN(c2cccc3c2OC(F)(F)O3)CC1)c1ccc2ccccc2c1. The lowest BCUT2D eigenvalue weighted by Gasteiger charge is -2.36. The lowest BCUT2D eigenvalue weighted by molar-refractivity contribution is -0.286. The molecule has 1 saturated heterocycles. The summed E-state index contributed by atoms with van der Waals surface area (Å²) in [6.07, 6.45) is -2.98. The van der Waals surface area contributed by atoms with Gasteiger partial charge in [-0.05, 0) is 48.0 Å². The fraction of sp³-hybridized carbons (Fsp3) is 0.333. The summed E-state index contributed by atoms with van der Waals surface area (Å²) in [6, 6.07) is 17.6. The third-order valence-corrected chi connectivity index (χ3v) is 7.55. The molecule has 0 radical (unpaired) electrons. The molecule has 0 aliphatic carbocycles. The second kappa shape index (κ2) is 9.01. The minimum Gasteiger partial charge on any atom is -0.395 e. The van der Waals surface area contributed by atoms with Gasteiger partial charge in [0.05, 0.1) is 10.6 Å². The molecule has 2 heterocycles. The van der Waals surface area contributed by atoms with E-state index >= 15 is 0 Å². The molecule has 34 heavy (non-hydrogen) atoms. The van der Waals surface area contributed by atoms with Gasteiger partial charge in [0.15, 0.2) is 11.5 Å². The third-order valence-electron chi connectivity index (χ3n) is 6.10. The summed E-state index contributed by atoms with van der Waals surface area (Å²) < 4.78 is 64.2. The summed E-state index contributed by atoms with van der Waals surface area (Å²) in [6.45, 7) is 3.83. The van der Waals surface area contributed by atoms with Crippen molar-refractivity contribution in [1.29, 1.82) is 0 Å². The van der Waals surface area contributed by atoms with Gasteiger partial charge in [-0.3, -0.25) is 4.90 Å². The number of anilines is 1. The largest absolute Gasteiger partial charge is 0.586 e. The highest BCUT2D eigenvalue weighted by atomic mass is 32.2. The van der Waals surface area contributed by atoms with Gasteiger partial charge in [0.25, 0.3) is 0 Å². The van der Waals surface area contributed by atoms with Crippen LogP contribution in [0.25, 0.3) is 10.8 Å². The summed E-state index contributed by atoms with van der Waals surface area (Å²) in [5, 5.41) is 1.88. The molecule has 7 nitrogen and oxygen atoms in total. The quantitative estimate of drug-likeness (QED) is 0.511. The number of sulfonamides is 1. The van der Waals surface area contributed by atoms with Crippen LogP contribution in [-0.2, 0) is 10.0 Å². The number of para-hydroxylation sites is 1. The number of rotatable bonds is 7. The smallest absolute Gasteiger partial charge is 0.395 e. The van der Waals surface area contributed by atoms with Crippen molar-refractivity contribution in [2.45, 2.75) is 17.6 Å². The standard InChI is InChI=1S/C24H25F2N3O4S/c25-24(26)32-22-8-3-7-21(23(22)33-24)29-15-13-28(14-16-29)12-4-11-27-34(30,31)20-10-9-18-5-1-2-6-19(18)17-20/h1-3,5-10,17,27H,4,11-16H2. The molecule has 10 heteroatoms. The molecule has 0 spiro atoms. The van der Waals surface area contributed by atoms with Crippen LogP contribution < -0.4 is 19.1 Å². The molecule has 0 unspecified atom stereocenters. The lowest BCUT2D eigenvalue weighted by atomic mass is 10.1. The predicted octanol–water partition coefficient (Wildman–Crippen LogP) is 3.65. The summed E-state index contributed by atoms with van der Waals surface area (Å²) in [4.78, 5) is 4.49. The Hall–Kier alpha value is -2.95. The molecule has 3 aromatic carbocycles. The molecule has 180 valence electrons. The number of halogens is 2. The zero-order valence-corrected chi connectivity index (χ0v) is 19.2. The van der Waals surface area contributed by atoms with Crippen molar-refractivity contribution in [2.24, 2.45) is 0 Å². The molecular formula is C24H25F2N3O4S. The zero-order chi connectivity index (χ0) is 23.8. The maximum absolute atomic E-state index is 13.5. The predicted molar refractivity (Wildman–Crippen MR) is 125 cm³/mol. The third kappa shape index (κ3) is 4.79. The number of piperazine rings is 1. The van der Waals surface area contributed by atoms with Crippen molar-refractivity contribution in [3.63, 3.8) is 0 Å². The Kier molecular flexibility index (Phi) is 6.05. The van der Waals surface area contributed by atoms with Crippen LogP contribution in [0, 0.1) is 0 Å². The number of hydrogen-bond donors (Lipinski definition) is 1. The average Bonchev–Trinajstić information content (AvgIpc) is 3.16. The van der Waals surface area contributed by atoms with Crippen LogP contribution >= 0.6 is 0 Å². The van der Waals surface area contributed by atoms with Crippen LogP contribution in [0.4, 0.5) is 14.5 Å². The van der Waals surface area contributed by atoms with Gasteiger partial charge in [-0.15, -0.1) is 8.78 Å². The molecule has 0 atom stereocenters. The first-order chi connectivity index (χ1) is 16.3. The molecule has 0 bridgehead atoms. The van der Waals surface area contributed by atoms with Gasteiger partial charge < -0.3 is 14.4 Å². The highest BCUT2D eigenvalue weighted by molar-refractivity contribution is 7.89. The summed E-state index contributed by atoms with van der Waals surface area (Å²) in [7, 11) is -3.58. The Balaban J connectivity index is 1.10. The molecule has 1 N–H and O–H groups in total. The fourth-order valence-corrected chi connectivity index (χ4v) is 5.45. The number of fused-ring (bicyclic) bond motifs is 2. The van der Waals surface area contributed by atoms with E-state index in [9.17, 15) is 17.2 Å². The number of nitrogens with one attached hydrogen (secondary N) is 1. The summed E-state index contributed by atoms with van der Waals surface area (Å²) in [5.41, 5.74) is 0.595. The van der Waals surface area contributed by atoms with Gasteiger partial charge in [-0.1, -0.05) is 36.4 Å². The van der Waals surface area contributed by atoms with E-state index in [2.05, 4.69) is 14.4 Å². The topological polar surface area (TPSA) is 71.1 Å². The normalized spacial score (nSPS) is 17.9. The fourth-order valence-electron chi connectivity index (χ4n) is 4.34. The zero-order valence-electron chi connectivity index (χ0n) is 18.4. The molecule has 1 fully saturated rings. The van der Waals surface area contributed by atoms with Gasteiger partial charge in [0.1, 0.15) is 0 Å². The van der Waals surface area contributed by atoms with Crippen molar-refractivity contribution in [2.75, 3.05) is 44.2 Å². The highest BCUT2D eigenvalue weighted by Crippen LogP contribution is 2.47.